The third-order valence-corrected chi connectivity index (χ3v) is 10.1. The van der Waals surface area contributed by atoms with E-state index in [9.17, 15) is 35.5 Å². The first-order chi connectivity index (χ1) is 27.0. The molecule has 1 nitrogen and oxygen atoms in total. The van der Waals surface area contributed by atoms with Crippen molar-refractivity contribution in [3.63, 3.8) is 0 Å². The molecule has 0 N–H and O–H groups in total. The van der Waals surface area contributed by atoms with Crippen LogP contribution in [0, 0.1) is 5.82 Å². The van der Waals surface area contributed by atoms with Gasteiger partial charge in [-0.1, -0.05) is 136 Å². The number of hydrogen-bond donors (Lipinski definition) is 0. The standard InChI is InChI=1S/C49H35F7O/c1-47(2,3)37-21-13-33(14-22-37)44-45(35-17-25-39(26-18-35)49(54,55)56)42(32-11-9-30(29-57)10-12-32)43(34-15-23-38(24-16-34)48(51,52)53)41(31-7-5-4-6-8-31)46(44)36-19-27-40(50)28-20-36/h4-29H,1-3H3. The van der Waals surface area contributed by atoms with Crippen LogP contribution in [0.25, 0.3) is 66.8 Å². The molecule has 0 amide bonds. The molecule has 7 aromatic rings. The first kappa shape index (κ1) is 39.0. The zero-order chi connectivity index (χ0) is 40.7. The van der Waals surface area contributed by atoms with Gasteiger partial charge < -0.3 is 0 Å². The van der Waals surface area contributed by atoms with Gasteiger partial charge in [0, 0.05) is 5.56 Å². The number of halogens is 7. The number of alkyl halides is 6. The molecule has 0 bridgehead atoms. The quantitative estimate of drug-likeness (QED) is 0.116. The maximum Gasteiger partial charge on any atom is 0.416 e. The first-order valence-electron chi connectivity index (χ1n) is 18.1. The van der Waals surface area contributed by atoms with E-state index in [2.05, 4.69) is 20.8 Å². The second-order valence-electron chi connectivity index (χ2n) is 14.8. The van der Waals surface area contributed by atoms with Gasteiger partial charge in [-0.25, -0.2) is 4.39 Å². The highest BCUT2D eigenvalue weighted by Crippen LogP contribution is 2.56. The largest absolute Gasteiger partial charge is 0.416 e. The van der Waals surface area contributed by atoms with Crippen molar-refractivity contribution in [2.24, 2.45) is 0 Å². The second kappa shape index (κ2) is 15.0. The Balaban J connectivity index is 1.77. The maximum atomic E-state index is 14.7. The van der Waals surface area contributed by atoms with Crippen molar-refractivity contribution in [3.8, 4) is 66.8 Å². The molecular formula is C49H35F7O. The highest BCUT2D eigenvalue weighted by Gasteiger charge is 2.34. The van der Waals surface area contributed by atoms with Crippen molar-refractivity contribution < 1.29 is 35.5 Å². The zero-order valence-electron chi connectivity index (χ0n) is 31.1. The predicted molar refractivity (Wildman–Crippen MR) is 213 cm³/mol. The first-order valence-corrected chi connectivity index (χ1v) is 18.1. The van der Waals surface area contributed by atoms with Crippen molar-refractivity contribution >= 4 is 6.29 Å². The normalized spacial score (nSPS) is 12.1. The second-order valence-corrected chi connectivity index (χ2v) is 14.8. The SMILES string of the molecule is CC(C)(C)c1ccc(-c2c(-c3ccc(F)cc3)c(-c3ccccc3)c(-c3ccc(C(F)(F)F)cc3)c(-c3ccc(C=O)cc3)c2-c2ccc(C(F)(F)F)cc2)cc1. The smallest absolute Gasteiger partial charge is 0.298 e. The van der Waals surface area contributed by atoms with Gasteiger partial charge in [-0.2, -0.15) is 26.3 Å². The van der Waals surface area contributed by atoms with Crippen LogP contribution in [0.5, 0.6) is 0 Å². The lowest BCUT2D eigenvalue weighted by Crippen LogP contribution is -2.10. The van der Waals surface area contributed by atoms with Crippen LogP contribution in [-0.4, -0.2) is 6.29 Å². The van der Waals surface area contributed by atoms with Crippen LogP contribution in [0.1, 0.15) is 47.8 Å². The van der Waals surface area contributed by atoms with Crippen molar-refractivity contribution in [1.29, 1.82) is 0 Å². The van der Waals surface area contributed by atoms with Gasteiger partial charge in [0.15, 0.2) is 0 Å². The third-order valence-electron chi connectivity index (χ3n) is 10.1. The van der Waals surface area contributed by atoms with Gasteiger partial charge in [-0.3, -0.25) is 4.79 Å². The molecule has 57 heavy (non-hydrogen) atoms. The van der Waals surface area contributed by atoms with E-state index in [-0.39, 0.29) is 5.41 Å². The summed E-state index contributed by atoms with van der Waals surface area (Å²) in [6.45, 7) is 6.23. The Hall–Kier alpha value is -6.28. The summed E-state index contributed by atoms with van der Waals surface area (Å²) in [7, 11) is 0. The van der Waals surface area contributed by atoms with E-state index in [1.54, 1.807) is 36.4 Å². The minimum Gasteiger partial charge on any atom is -0.298 e. The fourth-order valence-electron chi connectivity index (χ4n) is 7.22. The van der Waals surface area contributed by atoms with Gasteiger partial charge in [0.05, 0.1) is 11.1 Å². The van der Waals surface area contributed by atoms with Crippen LogP contribution in [0.15, 0.2) is 152 Å². The average Bonchev–Trinajstić information content (AvgIpc) is 3.20. The van der Waals surface area contributed by atoms with Crippen LogP contribution < -0.4 is 0 Å². The van der Waals surface area contributed by atoms with Gasteiger partial charge in [0.25, 0.3) is 0 Å². The topological polar surface area (TPSA) is 17.1 Å². The third kappa shape index (κ3) is 7.90. The van der Waals surface area contributed by atoms with Crippen LogP contribution in [-0.2, 0) is 17.8 Å². The monoisotopic (exact) mass is 772 g/mol. The van der Waals surface area contributed by atoms with Crippen molar-refractivity contribution in [1.82, 2.24) is 0 Å². The molecule has 0 saturated heterocycles. The molecule has 7 rings (SSSR count). The Labute approximate surface area is 326 Å². The molecule has 286 valence electrons. The van der Waals surface area contributed by atoms with Crippen LogP contribution >= 0.6 is 0 Å². The molecule has 0 aliphatic heterocycles. The summed E-state index contributed by atoms with van der Waals surface area (Å²) in [4.78, 5) is 11.8. The highest BCUT2D eigenvalue weighted by atomic mass is 19.4. The summed E-state index contributed by atoms with van der Waals surface area (Å²) in [5, 5.41) is 0. The van der Waals surface area contributed by atoms with Gasteiger partial charge >= 0.3 is 12.4 Å². The lowest BCUT2D eigenvalue weighted by Gasteiger charge is -2.29. The Morgan fingerprint density at radius 2 is 0.649 bits per heavy atom. The fourth-order valence-corrected chi connectivity index (χ4v) is 7.22. The molecule has 0 aliphatic carbocycles. The van der Waals surface area contributed by atoms with E-state index in [0.717, 1.165) is 29.8 Å². The number of benzene rings is 7. The Morgan fingerprint density at radius 3 is 0.947 bits per heavy atom. The van der Waals surface area contributed by atoms with Gasteiger partial charge in [-0.15, -0.1) is 0 Å². The molecule has 0 radical (unpaired) electrons. The van der Waals surface area contributed by atoms with E-state index in [4.69, 9.17) is 0 Å². The van der Waals surface area contributed by atoms with E-state index in [0.29, 0.717) is 78.6 Å². The van der Waals surface area contributed by atoms with Gasteiger partial charge in [0.1, 0.15) is 12.1 Å². The number of hydrogen-bond acceptors (Lipinski definition) is 1. The fraction of sp³-hybridized carbons (Fsp3) is 0.122. The minimum atomic E-state index is -4.63. The van der Waals surface area contributed by atoms with Crippen LogP contribution in [0.4, 0.5) is 30.7 Å². The summed E-state index contributed by atoms with van der Waals surface area (Å²) >= 11 is 0. The molecule has 0 aliphatic rings. The lowest BCUT2D eigenvalue weighted by molar-refractivity contribution is -0.138. The molecule has 0 aromatic heterocycles. The Morgan fingerprint density at radius 1 is 0.368 bits per heavy atom. The maximum absolute atomic E-state index is 14.7. The average molecular weight is 773 g/mol. The van der Waals surface area contributed by atoms with E-state index in [1.165, 1.54) is 36.4 Å². The van der Waals surface area contributed by atoms with E-state index in [1.807, 2.05) is 54.6 Å². The molecule has 0 heterocycles. The van der Waals surface area contributed by atoms with E-state index < -0.39 is 29.3 Å². The molecule has 8 heteroatoms. The highest BCUT2D eigenvalue weighted by molar-refractivity contribution is 6.15. The number of rotatable bonds is 7. The number of carbonyl (C=O) groups is 1. The molecule has 7 aromatic carbocycles. The minimum absolute atomic E-state index is 0.221. The molecule has 0 unspecified atom stereocenters. The summed E-state index contributed by atoms with van der Waals surface area (Å²) < 4.78 is 98.8. The van der Waals surface area contributed by atoms with Gasteiger partial charge in [-0.05, 0) is 114 Å². The van der Waals surface area contributed by atoms with Crippen molar-refractivity contribution in [3.05, 3.63) is 180 Å². The predicted octanol–water partition coefficient (Wildman–Crippen LogP) is 15.0. The Kier molecular flexibility index (Phi) is 10.3. The zero-order valence-corrected chi connectivity index (χ0v) is 31.1. The molecule has 0 spiro atoms. The summed E-state index contributed by atoms with van der Waals surface area (Å²) in [5.74, 6) is -0.492. The van der Waals surface area contributed by atoms with E-state index >= 15 is 0 Å². The lowest BCUT2D eigenvalue weighted by atomic mass is 9.73. The van der Waals surface area contributed by atoms with Crippen LogP contribution in [0.2, 0.25) is 0 Å². The van der Waals surface area contributed by atoms with Crippen molar-refractivity contribution in [2.75, 3.05) is 0 Å². The summed E-state index contributed by atoms with van der Waals surface area (Å²) in [5.41, 5.74) is 6.00. The number of carbonyl (C=O) groups excluding carboxylic acids is 1. The molecular weight excluding hydrogens is 738 g/mol. The van der Waals surface area contributed by atoms with Crippen molar-refractivity contribution in [2.45, 2.75) is 38.5 Å². The number of aldehydes is 1. The summed E-state index contributed by atoms with van der Waals surface area (Å²) in [6.07, 6.45) is -8.56. The van der Waals surface area contributed by atoms with Crippen LogP contribution in [0.3, 0.4) is 0 Å². The molecule has 0 atom stereocenters. The Bertz CT molecular complexity index is 2530. The molecule has 0 fully saturated rings. The summed E-state index contributed by atoms with van der Waals surface area (Å²) in [6, 6.07) is 39.2. The molecule has 0 saturated carbocycles. The van der Waals surface area contributed by atoms with Gasteiger partial charge in [0.2, 0.25) is 0 Å².